The molecule has 1 aromatic heterocycles. The Morgan fingerprint density at radius 2 is 2.23 bits per heavy atom. The third-order valence-electron chi connectivity index (χ3n) is 1.51. The summed E-state index contributed by atoms with van der Waals surface area (Å²) in [5.74, 6) is 0.125. The maximum absolute atomic E-state index is 12.4. The molecule has 72 valence electrons. The smallest absolute Gasteiger partial charge is 0.284 e. The zero-order valence-electron chi connectivity index (χ0n) is 6.93. The van der Waals surface area contributed by atoms with E-state index in [1.54, 1.807) is 6.07 Å². The number of nitrogens with zero attached hydrogens (tertiary/aromatic N) is 1. The Bertz CT molecular complexity index is 293. The Labute approximate surface area is 83.1 Å². The molecule has 0 N–H and O–H groups in total. The van der Waals surface area contributed by atoms with Crippen molar-refractivity contribution in [1.82, 2.24) is 4.98 Å². The minimum Gasteiger partial charge on any atom is -0.495 e. The van der Waals surface area contributed by atoms with Crippen molar-refractivity contribution >= 4 is 15.9 Å². The molecule has 0 aliphatic heterocycles. The summed E-state index contributed by atoms with van der Waals surface area (Å²) >= 11 is 3.14. The summed E-state index contributed by atoms with van der Waals surface area (Å²) < 4.78 is 29.5. The van der Waals surface area contributed by atoms with Crippen molar-refractivity contribution in [2.24, 2.45) is 0 Å². The van der Waals surface area contributed by atoms with Crippen LogP contribution in [0.5, 0.6) is 5.75 Å². The molecule has 0 atom stereocenters. The van der Waals surface area contributed by atoms with Crippen LogP contribution >= 0.6 is 15.9 Å². The molecule has 0 unspecified atom stereocenters. The Morgan fingerprint density at radius 3 is 2.69 bits per heavy atom. The van der Waals surface area contributed by atoms with Gasteiger partial charge in [0.05, 0.1) is 12.8 Å². The Morgan fingerprint density at radius 1 is 1.54 bits per heavy atom. The van der Waals surface area contributed by atoms with Crippen molar-refractivity contribution in [2.75, 3.05) is 7.11 Å². The topological polar surface area (TPSA) is 22.1 Å². The van der Waals surface area contributed by atoms with E-state index in [4.69, 9.17) is 4.74 Å². The number of alkyl halides is 3. The maximum Gasteiger partial charge on any atom is 0.284 e. The molecular formula is C8H8BrF2NO. The quantitative estimate of drug-likeness (QED) is 0.771. The molecule has 0 aliphatic carbocycles. The summed E-state index contributed by atoms with van der Waals surface area (Å²) in [4.78, 5) is 3.74. The summed E-state index contributed by atoms with van der Waals surface area (Å²) in [5, 5.41) is 0.455. The average molecular weight is 252 g/mol. The molecule has 1 aromatic rings. The van der Waals surface area contributed by atoms with Crippen molar-refractivity contribution in [2.45, 2.75) is 11.8 Å². The Balaban J connectivity index is 3.10. The molecule has 1 rings (SSSR count). The van der Waals surface area contributed by atoms with Gasteiger partial charge in [-0.25, -0.2) is 13.8 Å². The van der Waals surface area contributed by atoms with Gasteiger partial charge in [0.2, 0.25) is 0 Å². The van der Waals surface area contributed by atoms with E-state index in [1.807, 2.05) is 0 Å². The first-order valence-electron chi connectivity index (χ1n) is 3.57. The fourth-order valence-electron chi connectivity index (χ4n) is 0.908. The van der Waals surface area contributed by atoms with Gasteiger partial charge in [-0.1, -0.05) is 15.9 Å². The first-order chi connectivity index (χ1) is 6.19. The first-order valence-corrected chi connectivity index (χ1v) is 4.69. The zero-order valence-corrected chi connectivity index (χ0v) is 8.51. The molecule has 13 heavy (non-hydrogen) atoms. The Kier molecular flexibility index (Phi) is 3.59. The molecule has 0 aliphatic rings. The highest BCUT2D eigenvalue weighted by Crippen LogP contribution is 2.27. The van der Waals surface area contributed by atoms with Gasteiger partial charge >= 0.3 is 0 Å². The highest BCUT2D eigenvalue weighted by Gasteiger charge is 2.15. The van der Waals surface area contributed by atoms with E-state index in [2.05, 4.69) is 20.9 Å². The number of pyridine rings is 1. The number of halogens is 3. The van der Waals surface area contributed by atoms with Crippen LogP contribution in [0.4, 0.5) is 8.78 Å². The molecule has 1 heterocycles. The van der Waals surface area contributed by atoms with Crippen molar-refractivity contribution in [3.63, 3.8) is 0 Å². The normalized spacial score (nSPS) is 10.5. The third kappa shape index (κ3) is 2.37. The summed E-state index contributed by atoms with van der Waals surface area (Å²) in [6.07, 6.45) is -2.60. The monoisotopic (exact) mass is 251 g/mol. The van der Waals surface area contributed by atoms with Gasteiger partial charge in [0.15, 0.2) is 0 Å². The fraction of sp³-hybridized carbons (Fsp3) is 0.375. The molecule has 0 saturated heterocycles. The van der Waals surface area contributed by atoms with Crippen LogP contribution in [0.25, 0.3) is 0 Å². The summed E-state index contributed by atoms with van der Waals surface area (Å²) in [6, 6.07) is 3.13. The number of aromatic nitrogens is 1. The molecule has 0 fully saturated rings. The van der Waals surface area contributed by atoms with Gasteiger partial charge in [-0.15, -0.1) is 0 Å². The number of methoxy groups -OCH3 is 1. The van der Waals surface area contributed by atoms with Gasteiger partial charge in [-0.3, -0.25) is 0 Å². The fourth-order valence-corrected chi connectivity index (χ4v) is 1.22. The molecule has 0 aromatic carbocycles. The van der Waals surface area contributed by atoms with Crippen molar-refractivity contribution in [3.05, 3.63) is 23.5 Å². The number of ether oxygens (including phenoxy) is 1. The molecule has 0 amide bonds. The van der Waals surface area contributed by atoms with Gasteiger partial charge in [-0.05, 0) is 12.1 Å². The van der Waals surface area contributed by atoms with Gasteiger partial charge < -0.3 is 4.74 Å². The average Bonchev–Trinajstić information content (AvgIpc) is 2.16. The maximum atomic E-state index is 12.4. The van der Waals surface area contributed by atoms with Crippen molar-refractivity contribution < 1.29 is 13.5 Å². The second-order valence-corrected chi connectivity index (χ2v) is 2.89. The number of hydrogen-bond acceptors (Lipinski definition) is 2. The lowest BCUT2D eigenvalue weighted by atomic mass is 10.3. The second-order valence-electron chi connectivity index (χ2n) is 2.32. The lowest BCUT2D eigenvalue weighted by molar-refractivity contribution is 0.141. The van der Waals surface area contributed by atoms with E-state index >= 15 is 0 Å². The highest BCUT2D eigenvalue weighted by molar-refractivity contribution is 9.08. The van der Waals surface area contributed by atoms with E-state index < -0.39 is 6.43 Å². The highest BCUT2D eigenvalue weighted by atomic mass is 79.9. The van der Waals surface area contributed by atoms with Crippen LogP contribution in [0.2, 0.25) is 0 Å². The predicted molar refractivity (Wildman–Crippen MR) is 48.4 cm³/mol. The van der Waals surface area contributed by atoms with Crippen molar-refractivity contribution in [1.29, 1.82) is 0 Å². The van der Waals surface area contributed by atoms with Crippen LogP contribution in [0.1, 0.15) is 17.8 Å². The predicted octanol–water partition coefficient (Wildman–Crippen LogP) is 2.92. The standard InChI is InChI=1S/C8H8BrF2NO/c1-13-6-3-2-5(4-9)12-7(6)8(10)11/h2-3,8H,4H2,1H3. The third-order valence-corrected chi connectivity index (χ3v) is 2.08. The van der Waals surface area contributed by atoms with Gasteiger partial charge in [0, 0.05) is 5.33 Å². The molecule has 0 saturated carbocycles. The van der Waals surface area contributed by atoms with E-state index in [0.717, 1.165) is 0 Å². The van der Waals surface area contributed by atoms with Crippen LogP contribution in [-0.2, 0) is 5.33 Å². The minimum atomic E-state index is -2.60. The van der Waals surface area contributed by atoms with Gasteiger partial charge in [0.25, 0.3) is 6.43 Å². The molecule has 2 nitrogen and oxygen atoms in total. The number of hydrogen-bond donors (Lipinski definition) is 0. The van der Waals surface area contributed by atoms with Crippen LogP contribution in [-0.4, -0.2) is 12.1 Å². The number of rotatable bonds is 3. The molecule has 0 spiro atoms. The lowest BCUT2D eigenvalue weighted by Gasteiger charge is -2.07. The van der Waals surface area contributed by atoms with Gasteiger partial charge in [-0.2, -0.15) is 0 Å². The largest absolute Gasteiger partial charge is 0.495 e. The summed E-state index contributed by atoms with van der Waals surface area (Å²) in [5.41, 5.74) is 0.260. The van der Waals surface area contributed by atoms with E-state index in [1.165, 1.54) is 13.2 Å². The van der Waals surface area contributed by atoms with Crippen molar-refractivity contribution in [3.8, 4) is 5.75 Å². The zero-order chi connectivity index (χ0) is 9.84. The summed E-state index contributed by atoms with van der Waals surface area (Å²) in [6.45, 7) is 0. The van der Waals surface area contributed by atoms with E-state index in [9.17, 15) is 8.78 Å². The molecular weight excluding hydrogens is 244 g/mol. The molecule has 0 radical (unpaired) electrons. The molecule has 0 bridgehead atoms. The molecule has 5 heteroatoms. The van der Waals surface area contributed by atoms with E-state index in [-0.39, 0.29) is 11.4 Å². The van der Waals surface area contributed by atoms with Gasteiger partial charge in [0.1, 0.15) is 11.4 Å². The Hall–Kier alpha value is -0.710. The second kappa shape index (κ2) is 4.50. The minimum absolute atomic E-state index is 0.125. The lowest BCUT2D eigenvalue weighted by Crippen LogP contribution is -1.98. The van der Waals surface area contributed by atoms with E-state index in [0.29, 0.717) is 11.0 Å². The van der Waals surface area contributed by atoms with Crippen LogP contribution in [0.3, 0.4) is 0 Å². The SMILES string of the molecule is COc1ccc(CBr)nc1C(F)F. The van der Waals surface area contributed by atoms with Crippen LogP contribution in [0, 0.1) is 0 Å². The summed E-state index contributed by atoms with van der Waals surface area (Å²) in [7, 11) is 1.34. The van der Waals surface area contributed by atoms with Crippen LogP contribution < -0.4 is 4.74 Å². The first kappa shape index (κ1) is 10.4. The van der Waals surface area contributed by atoms with Crippen LogP contribution in [0.15, 0.2) is 12.1 Å².